The maximum Gasteiger partial charge on any atom is 0.320 e. The highest BCUT2D eigenvalue weighted by Crippen LogP contribution is 2.20. The molecule has 0 aliphatic rings. The van der Waals surface area contributed by atoms with Gasteiger partial charge in [-0.15, -0.1) is 0 Å². The maximum atomic E-state index is 11.5. The monoisotopic (exact) mass is 421 g/mol. The Balaban J connectivity index is 3.85. The number of carbonyl (C=O) groups is 1. The van der Waals surface area contributed by atoms with Gasteiger partial charge in [-0.2, -0.15) is 5.26 Å². The molecule has 176 valence electrons. The maximum absolute atomic E-state index is 11.5. The topological polar surface area (TPSA) is 50.1 Å². The van der Waals surface area contributed by atoms with Gasteiger partial charge in [-0.05, 0) is 18.8 Å². The number of rotatable bonds is 23. The fraction of sp³-hybridized carbons (Fsp3) is 0.926. The van der Waals surface area contributed by atoms with Crippen LogP contribution in [0.15, 0.2) is 0 Å². The molecule has 0 aromatic carbocycles. The van der Waals surface area contributed by atoms with Gasteiger partial charge in [0, 0.05) is 0 Å². The zero-order chi connectivity index (χ0) is 22.1. The van der Waals surface area contributed by atoms with Crippen molar-refractivity contribution >= 4 is 5.97 Å². The molecule has 0 radical (unpaired) electrons. The van der Waals surface area contributed by atoms with Crippen molar-refractivity contribution < 1.29 is 9.53 Å². The molecule has 1 unspecified atom stereocenters. The van der Waals surface area contributed by atoms with Gasteiger partial charge in [0.05, 0.1) is 12.7 Å². The Kier molecular flexibility index (Phi) is 23.4. The molecular weight excluding hydrogens is 370 g/mol. The number of ether oxygens (including phenoxy) is 1. The van der Waals surface area contributed by atoms with Gasteiger partial charge < -0.3 is 4.74 Å². The first kappa shape index (κ1) is 29.0. The van der Waals surface area contributed by atoms with Crippen LogP contribution in [0.4, 0.5) is 0 Å². The van der Waals surface area contributed by atoms with E-state index in [1.165, 1.54) is 116 Å². The van der Waals surface area contributed by atoms with E-state index in [4.69, 9.17) is 10.00 Å². The number of nitrogens with zero attached hydrogens (tertiary/aromatic N) is 1. The molecule has 0 fully saturated rings. The van der Waals surface area contributed by atoms with Gasteiger partial charge in [0.2, 0.25) is 0 Å². The lowest BCUT2D eigenvalue weighted by atomic mass is 9.94. The minimum atomic E-state index is -0.360. The molecule has 0 N–H and O–H groups in total. The lowest BCUT2D eigenvalue weighted by molar-refractivity contribution is -0.144. The highest BCUT2D eigenvalue weighted by molar-refractivity contribution is 5.71. The summed E-state index contributed by atoms with van der Waals surface area (Å²) < 4.78 is 5.35. The molecule has 0 saturated carbocycles. The average Bonchev–Trinajstić information content (AvgIpc) is 2.74. The van der Waals surface area contributed by atoms with E-state index in [9.17, 15) is 4.79 Å². The first-order valence-corrected chi connectivity index (χ1v) is 13.3. The molecule has 0 aliphatic carbocycles. The number of nitriles is 1. The van der Waals surface area contributed by atoms with Crippen molar-refractivity contribution in [3.05, 3.63) is 0 Å². The largest absolute Gasteiger partial charge is 0.465 e. The predicted molar refractivity (Wildman–Crippen MR) is 128 cm³/mol. The highest BCUT2D eigenvalue weighted by atomic mass is 16.5. The summed E-state index contributed by atoms with van der Waals surface area (Å²) in [5, 5.41) is 8.63. The van der Waals surface area contributed by atoms with Crippen LogP contribution >= 0.6 is 0 Å². The molecule has 30 heavy (non-hydrogen) atoms. The standard InChI is InChI=1S/C27H51NO2/c1-3-5-7-9-11-13-14-16-18-20-22-26(25-30-27(29)23-24-28)21-19-17-15-12-10-8-6-4-2/h26H,3-23,25H2,1-2H3. The van der Waals surface area contributed by atoms with E-state index in [0.717, 1.165) is 12.8 Å². The number of carbonyl (C=O) groups excluding carboxylic acids is 1. The molecule has 3 nitrogen and oxygen atoms in total. The van der Waals surface area contributed by atoms with E-state index < -0.39 is 0 Å². The first-order valence-electron chi connectivity index (χ1n) is 13.3. The summed E-state index contributed by atoms with van der Waals surface area (Å²) in [7, 11) is 0. The number of esters is 1. The minimum Gasteiger partial charge on any atom is -0.465 e. The smallest absolute Gasteiger partial charge is 0.320 e. The Labute approximate surface area is 188 Å². The summed E-state index contributed by atoms with van der Waals surface area (Å²) in [5.41, 5.74) is 0. The quantitative estimate of drug-likeness (QED) is 0.122. The molecule has 0 aliphatic heterocycles. The number of unbranched alkanes of at least 4 members (excludes halogenated alkanes) is 16. The summed E-state index contributed by atoms with van der Waals surface area (Å²) in [5.74, 6) is 0.114. The second kappa shape index (κ2) is 24.2. The van der Waals surface area contributed by atoms with Gasteiger partial charge in [0.25, 0.3) is 0 Å². The van der Waals surface area contributed by atoms with Gasteiger partial charge in [0.1, 0.15) is 6.42 Å². The lowest BCUT2D eigenvalue weighted by Gasteiger charge is -2.17. The third-order valence-electron chi connectivity index (χ3n) is 6.14. The minimum absolute atomic E-state index is 0.122. The van der Waals surface area contributed by atoms with Crippen molar-refractivity contribution in [2.75, 3.05) is 6.61 Å². The molecule has 0 bridgehead atoms. The fourth-order valence-electron chi connectivity index (χ4n) is 4.12. The Morgan fingerprint density at radius 1 is 0.667 bits per heavy atom. The second-order valence-corrected chi connectivity index (χ2v) is 9.12. The Morgan fingerprint density at radius 2 is 1.03 bits per heavy atom. The van der Waals surface area contributed by atoms with Crippen molar-refractivity contribution in [2.24, 2.45) is 5.92 Å². The van der Waals surface area contributed by atoms with Gasteiger partial charge in [-0.25, -0.2) is 0 Å². The van der Waals surface area contributed by atoms with Crippen LogP contribution in [0.3, 0.4) is 0 Å². The summed E-state index contributed by atoms with van der Waals surface area (Å²) in [6.45, 7) is 5.04. The molecule has 0 saturated heterocycles. The molecular formula is C27H51NO2. The third kappa shape index (κ3) is 21.7. The summed E-state index contributed by atoms with van der Waals surface area (Å²) in [4.78, 5) is 11.5. The van der Waals surface area contributed by atoms with Crippen LogP contribution in [-0.2, 0) is 9.53 Å². The SMILES string of the molecule is CCCCCCCCCCCCC(CCCCCCCCCC)COC(=O)CC#N. The molecule has 0 amide bonds. The Morgan fingerprint density at radius 3 is 1.40 bits per heavy atom. The van der Waals surface area contributed by atoms with Gasteiger partial charge >= 0.3 is 5.97 Å². The normalized spacial score (nSPS) is 11.9. The third-order valence-corrected chi connectivity index (χ3v) is 6.14. The lowest BCUT2D eigenvalue weighted by Crippen LogP contribution is -2.14. The molecule has 0 aromatic rings. The zero-order valence-corrected chi connectivity index (χ0v) is 20.4. The molecule has 0 rings (SSSR count). The highest BCUT2D eigenvalue weighted by Gasteiger charge is 2.12. The van der Waals surface area contributed by atoms with Crippen LogP contribution in [-0.4, -0.2) is 12.6 Å². The molecule has 1 atom stereocenters. The van der Waals surface area contributed by atoms with Crippen molar-refractivity contribution in [2.45, 2.75) is 149 Å². The molecule has 0 heterocycles. The van der Waals surface area contributed by atoms with Crippen LogP contribution < -0.4 is 0 Å². The van der Waals surface area contributed by atoms with Gasteiger partial charge in [0.15, 0.2) is 0 Å². The van der Waals surface area contributed by atoms with Gasteiger partial charge in [-0.1, -0.05) is 129 Å². The molecule has 3 heteroatoms. The Hall–Kier alpha value is -1.04. The fourth-order valence-corrected chi connectivity index (χ4v) is 4.12. The van der Waals surface area contributed by atoms with E-state index in [1.54, 1.807) is 0 Å². The predicted octanol–water partition coefficient (Wildman–Crippen LogP) is 8.90. The van der Waals surface area contributed by atoms with Crippen LogP contribution in [0.2, 0.25) is 0 Å². The van der Waals surface area contributed by atoms with Crippen LogP contribution in [0.25, 0.3) is 0 Å². The Bertz CT molecular complexity index is 402. The van der Waals surface area contributed by atoms with E-state index in [2.05, 4.69) is 13.8 Å². The van der Waals surface area contributed by atoms with Gasteiger partial charge in [-0.3, -0.25) is 4.79 Å². The van der Waals surface area contributed by atoms with Crippen LogP contribution in [0.1, 0.15) is 149 Å². The number of hydrogen-bond acceptors (Lipinski definition) is 3. The summed E-state index contributed by atoms with van der Waals surface area (Å²) in [6.07, 6.45) is 26.4. The second-order valence-electron chi connectivity index (χ2n) is 9.12. The summed E-state index contributed by atoms with van der Waals surface area (Å²) in [6, 6.07) is 1.89. The number of hydrogen-bond donors (Lipinski definition) is 0. The van der Waals surface area contributed by atoms with E-state index in [0.29, 0.717) is 12.5 Å². The van der Waals surface area contributed by atoms with Crippen molar-refractivity contribution in [3.8, 4) is 6.07 Å². The van der Waals surface area contributed by atoms with E-state index in [1.807, 2.05) is 6.07 Å². The zero-order valence-electron chi connectivity index (χ0n) is 20.4. The average molecular weight is 422 g/mol. The van der Waals surface area contributed by atoms with Crippen molar-refractivity contribution in [3.63, 3.8) is 0 Å². The summed E-state index contributed by atoms with van der Waals surface area (Å²) >= 11 is 0. The molecule has 0 aromatic heterocycles. The van der Waals surface area contributed by atoms with E-state index in [-0.39, 0.29) is 12.4 Å². The van der Waals surface area contributed by atoms with Crippen molar-refractivity contribution in [1.29, 1.82) is 5.26 Å². The molecule has 0 spiro atoms. The van der Waals surface area contributed by atoms with Crippen LogP contribution in [0, 0.1) is 17.2 Å². The van der Waals surface area contributed by atoms with Crippen LogP contribution in [0.5, 0.6) is 0 Å². The first-order chi connectivity index (χ1) is 14.7. The van der Waals surface area contributed by atoms with Crippen molar-refractivity contribution in [1.82, 2.24) is 0 Å². The van der Waals surface area contributed by atoms with E-state index >= 15 is 0 Å².